The number of thiophene rings is 1. The van der Waals surface area contributed by atoms with Gasteiger partial charge in [0.1, 0.15) is 10.3 Å². The van der Waals surface area contributed by atoms with Gasteiger partial charge < -0.3 is 19.4 Å². The zero-order chi connectivity index (χ0) is 29.6. The molecule has 2 N–H and O–H groups in total. The molecule has 3 rings (SSSR count). The summed E-state index contributed by atoms with van der Waals surface area (Å²) in [6.07, 6.45) is 2.07. The predicted molar refractivity (Wildman–Crippen MR) is 152 cm³/mol. The van der Waals surface area contributed by atoms with Crippen LogP contribution in [0.5, 0.6) is 0 Å². The normalized spacial score (nSPS) is 12.3. The van der Waals surface area contributed by atoms with Crippen LogP contribution in [0, 0.1) is 11.8 Å². The van der Waals surface area contributed by atoms with E-state index in [1.807, 2.05) is 38.5 Å². The van der Waals surface area contributed by atoms with Gasteiger partial charge in [0, 0.05) is 24.0 Å². The Morgan fingerprint density at radius 2 is 1.75 bits per heavy atom. The molecule has 40 heavy (non-hydrogen) atoms. The molecule has 0 aliphatic rings. The van der Waals surface area contributed by atoms with Crippen molar-refractivity contribution in [1.29, 1.82) is 0 Å². The van der Waals surface area contributed by atoms with Crippen molar-refractivity contribution in [1.82, 2.24) is 14.9 Å². The SMILES string of the molecule is CNC(=O)NS(=O)(=O)c1sc(CC(C)C)cc1-c1ccc(CN(C(=O)c2ccco2)[C@H](C(=O)OC)C(C)C)cc1. The predicted octanol–water partition coefficient (Wildman–Crippen LogP) is 4.66. The number of esters is 1. The summed E-state index contributed by atoms with van der Waals surface area (Å²) in [4.78, 5) is 40.1. The Labute approximate surface area is 238 Å². The van der Waals surface area contributed by atoms with Gasteiger partial charge in [-0.15, -0.1) is 11.3 Å². The topological polar surface area (TPSA) is 135 Å². The zero-order valence-corrected chi connectivity index (χ0v) is 25.0. The van der Waals surface area contributed by atoms with E-state index >= 15 is 0 Å². The number of hydrogen-bond acceptors (Lipinski definition) is 8. The van der Waals surface area contributed by atoms with Crippen molar-refractivity contribution in [3.63, 3.8) is 0 Å². The van der Waals surface area contributed by atoms with E-state index in [2.05, 4.69) is 5.32 Å². The maximum Gasteiger partial charge on any atom is 0.328 e. The molecule has 0 aliphatic heterocycles. The van der Waals surface area contributed by atoms with Crippen LogP contribution in [0.1, 0.15) is 48.7 Å². The van der Waals surface area contributed by atoms with Crippen LogP contribution in [0.3, 0.4) is 0 Å². The molecule has 0 fully saturated rings. The first-order valence-corrected chi connectivity index (χ1v) is 15.1. The van der Waals surface area contributed by atoms with Crippen molar-refractivity contribution >= 4 is 39.3 Å². The third-order valence-corrected chi connectivity index (χ3v) is 9.10. The Balaban J connectivity index is 2.00. The number of hydrogen-bond donors (Lipinski definition) is 2. The highest BCUT2D eigenvalue weighted by molar-refractivity contribution is 7.92. The van der Waals surface area contributed by atoms with E-state index in [0.717, 1.165) is 16.2 Å². The second-order valence-electron chi connectivity index (χ2n) is 10.0. The number of amides is 3. The van der Waals surface area contributed by atoms with Crippen LogP contribution in [-0.2, 0) is 32.5 Å². The molecule has 0 bridgehead atoms. The van der Waals surface area contributed by atoms with E-state index in [-0.39, 0.29) is 22.4 Å². The monoisotopic (exact) mass is 589 g/mol. The van der Waals surface area contributed by atoms with Gasteiger partial charge in [0.2, 0.25) is 0 Å². The average Bonchev–Trinajstić information content (AvgIpc) is 3.58. The van der Waals surface area contributed by atoms with Crippen molar-refractivity contribution in [2.75, 3.05) is 14.2 Å². The van der Waals surface area contributed by atoms with Gasteiger partial charge >= 0.3 is 12.0 Å². The third-order valence-electron chi connectivity index (χ3n) is 6.08. The van der Waals surface area contributed by atoms with Crippen LogP contribution in [0.25, 0.3) is 11.1 Å². The van der Waals surface area contributed by atoms with E-state index in [0.29, 0.717) is 29.0 Å². The van der Waals surface area contributed by atoms with Crippen LogP contribution < -0.4 is 10.0 Å². The minimum Gasteiger partial charge on any atom is -0.467 e. The standard InChI is InChI=1S/C28H35N3O7S2/c1-17(2)14-21-15-22(27(39-21)40(35,36)30-28(34)29-5)20-11-9-19(10-12-20)16-31(24(18(3)4)26(33)37-6)25(32)23-8-7-13-38-23/h7-13,15,17-18,24H,14,16H2,1-6H3,(H2,29,30,34)/t24-/m0/s1. The van der Waals surface area contributed by atoms with Crippen LogP contribution in [-0.4, -0.2) is 51.4 Å². The molecule has 0 spiro atoms. The average molecular weight is 590 g/mol. The molecule has 2 heterocycles. The van der Waals surface area contributed by atoms with Gasteiger partial charge in [-0.25, -0.2) is 22.7 Å². The Kier molecular flexibility index (Phi) is 10.2. The second-order valence-corrected chi connectivity index (χ2v) is 13.0. The highest BCUT2D eigenvalue weighted by Crippen LogP contribution is 2.36. The largest absolute Gasteiger partial charge is 0.467 e. The molecule has 0 radical (unpaired) electrons. The number of ether oxygens (including phenoxy) is 1. The van der Waals surface area contributed by atoms with E-state index in [9.17, 15) is 22.8 Å². The maximum atomic E-state index is 13.3. The van der Waals surface area contributed by atoms with Gasteiger partial charge in [-0.3, -0.25) is 4.79 Å². The van der Waals surface area contributed by atoms with Gasteiger partial charge in [0.25, 0.3) is 15.9 Å². The number of benzene rings is 1. The molecule has 3 amide bonds. The Bertz CT molecular complexity index is 1430. The van der Waals surface area contributed by atoms with Gasteiger partial charge in [-0.05, 0) is 47.6 Å². The van der Waals surface area contributed by atoms with Gasteiger partial charge in [-0.1, -0.05) is 52.0 Å². The van der Waals surface area contributed by atoms with Gasteiger partial charge in [0.05, 0.1) is 13.4 Å². The fourth-order valence-corrected chi connectivity index (χ4v) is 7.16. The number of carbonyl (C=O) groups is 3. The lowest BCUT2D eigenvalue weighted by Crippen LogP contribution is -2.48. The van der Waals surface area contributed by atoms with Crippen LogP contribution in [0.15, 0.2) is 57.4 Å². The van der Waals surface area contributed by atoms with Gasteiger partial charge in [0.15, 0.2) is 5.76 Å². The molecule has 12 heteroatoms. The number of furan rings is 1. The van der Waals surface area contributed by atoms with Crippen molar-refractivity contribution in [2.24, 2.45) is 11.8 Å². The second kappa shape index (κ2) is 13.1. The molecule has 0 saturated heterocycles. The van der Waals surface area contributed by atoms with E-state index in [1.165, 1.54) is 31.4 Å². The first-order chi connectivity index (χ1) is 18.9. The molecule has 1 atom stereocenters. The number of nitrogens with zero attached hydrogens (tertiary/aromatic N) is 1. The first kappa shape index (κ1) is 30.9. The van der Waals surface area contributed by atoms with Crippen molar-refractivity contribution < 1.29 is 32.0 Å². The summed E-state index contributed by atoms with van der Waals surface area (Å²) in [5.74, 6) is -0.835. The molecule has 1 aromatic carbocycles. The summed E-state index contributed by atoms with van der Waals surface area (Å²) in [5.41, 5.74) is 1.81. The molecule has 2 aromatic heterocycles. The molecule has 10 nitrogen and oxygen atoms in total. The highest BCUT2D eigenvalue weighted by atomic mass is 32.2. The van der Waals surface area contributed by atoms with E-state index < -0.39 is 34.0 Å². The van der Waals surface area contributed by atoms with Crippen LogP contribution in [0.2, 0.25) is 0 Å². The number of urea groups is 1. The Morgan fingerprint density at radius 3 is 2.27 bits per heavy atom. The lowest BCUT2D eigenvalue weighted by molar-refractivity contribution is -0.148. The van der Waals surface area contributed by atoms with Crippen LogP contribution in [0.4, 0.5) is 4.79 Å². The highest BCUT2D eigenvalue weighted by Gasteiger charge is 2.35. The van der Waals surface area contributed by atoms with Crippen molar-refractivity contribution in [2.45, 2.75) is 50.9 Å². The minimum atomic E-state index is -4.12. The lowest BCUT2D eigenvalue weighted by Gasteiger charge is -2.32. The summed E-state index contributed by atoms with van der Waals surface area (Å²) < 4.78 is 38.5. The van der Waals surface area contributed by atoms with E-state index in [1.54, 1.807) is 30.3 Å². The Hall–Kier alpha value is -3.64. The lowest BCUT2D eigenvalue weighted by atomic mass is 10.00. The first-order valence-electron chi connectivity index (χ1n) is 12.8. The number of nitrogens with one attached hydrogen (secondary N) is 2. The van der Waals surface area contributed by atoms with Gasteiger partial charge in [-0.2, -0.15) is 0 Å². The molecule has 0 aliphatic carbocycles. The zero-order valence-electron chi connectivity index (χ0n) is 23.4. The third kappa shape index (κ3) is 7.30. The molecule has 0 saturated carbocycles. The molecular formula is C28H35N3O7S2. The fraction of sp³-hybridized carbons (Fsp3) is 0.393. The van der Waals surface area contributed by atoms with Crippen molar-refractivity contribution in [3.05, 3.63) is 64.9 Å². The quantitative estimate of drug-likeness (QED) is 0.311. The summed E-state index contributed by atoms with van der Waals surface area (Å²) in [7, 11) is -1.50. The maximum absolute atomic E-state index is 13.3. The summed E-state index contributed by atoms with van der Waals surface area (Å²) in [5, 5.41) is 2.27. The summed E-state index contributed by atoms with van der Waals surface area (Å²) >= 11 is 1.13. The Morgan fingerprint density at radius 1 is 1.07 bits per heavy atom. The molecule has 0 unspecified atom stereocenters. The number of rotatable bonds is 11. The molecular weight excluding hydrogens is 554 g/mol. The smallest absolute Gasteiger partial charge is 0.328 e. The number of carbonyl (C=O) groups excluding carboxylic acids is 3. The van der Waals surface area contributed by atoms with Crippen LogP contribution >= 0.6 is 11.3 Å². The van der Waals surface area contributed by atoms with E-state index in [4.69, 9.17) is 9.15 Å². The van der Waals surface area contributed by atoms with Crippen molar-refractivity contribution in [3.8, 4) is 11.1 Å². The molecule has 216 valence electrons. The number of sulfonamides is 1. The fourth-order valence-electron chi connectivity index (χ4n) is 4.25. The summed E-state index contributed by atoms with van der Waals surface area (Å²) in [6.45, 7) is 7.82. The minimum absolute atomic E-state index is 0.0414. The summed E-state index contributed by atoms with van der Waals surface area (Å²) in [6, 6.07) is 10.3. The molecule has 3 aromatic rings. The number of methoxy groups -OCH3 is 1.